The fourth-order valence-electron chi connectivity index (χ4n) is 3.23. The van der Waals surface area contributed by atoms with Gasteiger partial charge in [-0.15, -0.1) is 0 Å². The summed E-state index contributed by atoms with van der Waals surface area (Å²) in [5.41, 5.74) is 0.889. The Hall–Kier alpha value is -2.18. The van der Waals surface area contributed by atoms with Gasteiger partial charge >= 0.3 is 5.69 Å². The van der Waals surface area contributed by atoms with Crippen molar-refractivity contribution in [2.45, 2.75) is 52.0 Å². The Balaban J connectivity index is 2.62. The van der Waals surface area contributed by atoms with E-state index in [-0.39, 0.29) is 23.1 Å². The van der Waals surface area contributed by atoms with Crippen LogP contribution in [0, 0.1) is 34.1 Å². The molecule has 7 nitrogen and oxygen atoms in total. The van der Waals surface area contributed by atoms with Gasteiger partial charge in [-0.2, -0.15) is 0 Å². The molecule has 1 aliphatic rings. The molecule has 1 saturated carbocycles. The van der Waals surface area contributed by atoms with E-state index in [1.807, 2.05) is 0 Å². The van der Waals surface area contributed by atoms with E-state index < -0.39 is 9.85 Å². The number of nitro groups is 2. The van der Waals surface area contributed by atoms with Crippen LogP contribution >= 0.6 is 0 Å². The van der Waals surface area contributed by atoms with Gasteiger partial charge in [0.25, 0.3) is 5.69 Å². The minimum Gasteiger partial charge on any atom is -0.360 e. The zero-order valence-electron chi connectivity index (χ0n) is 13.2. The summed E-state index contributed by atoms with van der Waals surface area (Å²) in [4.78, 5) is 23.7. The highest BCUT2D eigenvalue weighted by Gasteiger charge is 2.34. The monoisotopic (exact) mass is 307 g/mol. The number of hydrogen-bond donors (Lipinski definition) is 0. The predicted octanol–water partition coefficient (Wildman–Crippen LogP) is 3.89. The highest BCUT2D eigenvalue weighted by atomic mass is 16.6. The van der Waals surface area contributed by atoms with Gasteiger partial charge in [-0.05, 0) is 32.3 Å². The lowest BCUT2D eigenvalue weighted by atomic mass is 9.93. The molecule has 0 atom stereocenters. The average molecular weight is 307 g/mol. The summed E-state index contributed by atoms with van der Waals surface area (Å²) < 4.78 is 0. The average Bonchev–Trinajstić information content (AvgIpc) is 2.48. The van der Waals surface area contributed by atoms with E-state index >= 15 is 0 Å². The quantitative estimate of drug-likeness (QED) is 0.621. The Morgan fingerprint density at radius 3 is 2.18 bits per heavy atom. The van der Waals surface area contributed by atoms with Crippen molar-refractivity contribution in [1.82, 2.24) is 0 Å². The molecule has 0 N–H and O–H groups in total. The summed E-state index contributed by atoms with van der Waals surface area (Å²) in [7, 11) is 1.74. The highest BCUT2D eigenvalue weighted by molar-refractivity contribution is 5.79. The normalized spacial score (nSPS) is 15.6. The van der Waals surface area contributed by atoms with E-state index in [1.165, 1.54) is 6.07 Å². The SMILES string of the molecule is Cc1cc([N+](=O)[O-])c(N(C)C2CCCCC2)c([N+](=O)[O-])c1C. The molecule has 1 fully saturated rings. The first-order chi connectivity index (χ1) is 10.3. The van der Waals surface area contributed by atoms with Crippen LogP contribution in [0.25, 0.3) is 0 Å². The highest BCUT2D eigenvalue weighted by Crippen LogP contribution is 2.43. The van der Waals surface area contributed by atoms with Gasteiger partial charge in [0.1, 0.15) is 0 Å². The summed E-state index contributed by atoms with van der Waals surface area (Å²) in [6.07, 6.45) is 5.10. The Morgan fingerprint density at radius 2 is 1.68 bits per heavy atom. The van der Waals surface area contributed by atoms with Crippen LogP contribution in [0.5, 0.6) is 0 Å². The Kier molecular flexibility index (Phi) is 4.63. The van der Waals surface area contributed by atoms with E-state index in [1.54, 1.807) is 25.8 Å². The van der Waals surface area contributed by atoms with Crippen molar-refractivity contribution in [2.75, 3.05) is 11.9 Å². The molecule has 2 rings (SSSR count). The molecule has 0 aliphatic heterocycles. The van der Waals surface area contributed by atoms with Gasteiger partial charge in [0.15, 0.2) is 5.69 Å². The van der Waals surface area contributed by atoms with Crippen molar-refractivity contribution in [3.63, 3.8) is 0 Å². The Morgan fingerprint density at radius 1 is 1.09 bits per heavy atom. The van der Waals surface area contributed by atoms with Gasteiger partial charge in [-0.25, -0.2) is 0 Å². The molecule has 1 aromatic carbocycles. The fraction of sp³-hybridized carbons (Fsp3) is 0.600. The molecule has 7 heteroatoms. The number of nitrogens with zero attached hydrogens (tertiary/aromatic N) is 3. The van der Waals surface area contributed by atoms with Crippen molar-refractivity contribution in [2.24, 2.45) is 0 Å². The molecule has 0 amide bonds. The van der Waals surface area contributed by atoms with Crippen molar-refractivity contribution in [3.05, 3.63) is 37.4 Å². The zero-order valence-corrected chi connectivity index (χ0v) is 13.2. The summed E-state index contributed by atoms with van der Waals surface area (Å²) in [5.74, 6) is 0. The fourth-order valence-corrected chi connectivity index (χ4v) is 3.23. The van der Waals surface area contributed by atoms with Crippen LogP contribution in [0.4, 0.5) is 17.1 Å². The second-order valence-electron chi connectivity index (χ2n) is 5.95. The van der Waals surface area contributed by atoms with Crippen LogP contribution in [0.1, 0.15) is 43.2 Å². The lowest BCUT2D eigenvalue weighted by Crippen LogP contribution is -2.34. The summed E-state index contributed by atoms with van der Waals surface area (Å²) >= 11 is 0. The molecular weight excluding hydrogens is 286 g/mol. The summed E-state index contributed by atoms with van der Waals surface area (Å²) in [6.45, 7) is 3.31. The van der Waals surface area contributed by atoms with Crippen molar-refractivity contribution in [3.8, 4) is 0 Å². The van der Waals surface area contributed by atoms with Gasteiger partial charge in [-0.3, -0.25) is 20.2 Å². The molecule has 0 unspecified atom stereocenters. The third kappa shape index (κ3) is 2.88. The number of anilines is 1. The summed E-state index contributed by atoms with van der Waals surface area (Å²) in [6, 6.07) is 1.56. The van der Waals surface area contributed by atoms with Crippen molar-refractivity contribution >= 4 is 17.1 Å². The lowest BCUT2D eigenvalue weighted by Gasteiger charge is -2.32. The first kappa shape index (κ1) is 16.2. The van der Waals surface area contributed by atoms with Gasteiger partial charge in [-0.1, -0.05) is 19.3 Å². The number of benzene rings is 1. The van der Waals surface area contributed by atoms with Gasteiger partial charge in [0.05, 0.1) is 9.85 Å². The van der Waals surface area contributed by atoms with Crippen LogP contribution in [-0.2, 0) is 0 Å². The van der Waals surface area contributed by atoms with Crippen molar-refractivity contribution < 1.29 is 9.85 Å². The minimum absolute atomic E-state index is 0.119. The third-order valence-electron chi connectivity index (χ3n) is 4.62. The Bertz CT molecular complexity index is 609. The van der Waals surface area contributed by atoms with Crippen molar-refractivity contribution in [1.29, 1.82) is 0 Å². The second kappa shape index (κ2) is 6.29. The molecule has 0 heterocycles. The maximum Gasteiger partial charge on any atom is 0.302 e. The molecule has 1 aliphatic carbocycles. The van der Waals surface area contributed by atoms with E-state index in [9.17, 15) is 20.2 Å². The number of aryl methyl sites for hydroxylation is 1. The standard InChI is InChI=1S/C15H21N3O4/c1-10-9-13(17(19)20)15(14(11(10)2)18(21)22)16(3)12-7-5-4-6-8-12/h9,12H,4-8H2,1-3H3. The molecule has 120 valence electrons. The maximum absolute atomic E-state index is 11.5. The number of rotatable bonds is 4. The van der Waals surface area contributed by atoms with Gasteiger partial charge in [0.2, 0.25) is 0 Å². The van der Waals surface area contributed by atoms with Crippen LogP contribution in [-0.4, -0.2) is 22.9 Å². The van der Waals surface area contributed by atoms with E-state index in [4.69, 9.17) is 0 Å². The Labute approximate surface area is 129 Å². The first-order valence-corrected chi connectivity index (χ1v) is 7.50. The smallest absolute Gasteiger partial charge is 0.302 e. The van der Waals surface area contributed by atoms with E-state index in [0.29, 0.717) is 11.1 Å². The summed E-state index contributed by atoms with van der Waals surface area (Å²) in [5, 5.41) is 22.9. The van der Waals surface area contributed by atoms with Crippen LogP contribution in [0.15, 0.2) is 6.07 Å². The number of nitro benzene ring substituents is 2. The first-order valence-electron chi connectivity index (χ1n) is 7.50. The van der Waals surface area contributed by atoms with E-state index in [0.717, 1.165) is 32.1 Å². The largest absolute Gasteiger partial charge is 0.360 e. The predicted molar refractivity (Wildman–Crippen MR) is 84.5 cm³/mol. The molecule has 0 bridgehead atoms. The minimum atomic E-state index is -0.520. The topological polar surface area (TPSA) is 89.5 Å². The second-order valence-corrected chi connectivity index (χ2v) is 5.95. The molecule has 0 saturated heterocycles. The van der Waals surface area contributed by atoms with E-state index in [2.05, 4.69) is 0 Å². The number of hydrogen-bond acceptors (Lipinski definition) is 5. The maximum atomic E-state index is 11.5. The molecule has 1 aromatic rings. The molecule has 0 radical (unpaired) electrons. The molecule has 0 aromatic heterocycles. The van der Waals surface area contributed by atoms with Gasteiger partial charge < -0.3 is 4.90 Å². The molecule has 0 spiro atoms. The van der Waals surface area contributed by atoms with Crippen LogP contribution < -0.4 is 4.90 Å². The van der Waals surface area contributed by atoms with Crippen LogP contribution in [0.3, 0.4) is 0 Å². The lowest BCUT2D eigenvalue weighted by molar-refractivity contribution is -0.393. The molecular formula is C15H21N3O4. The van der Waals surface area contributed by atoms with Gasteiger partial charge in [0, 0.05) is 24.7 Å². The van der Waals surface area contributed by atoms with Crippen LogP contribution in [0.2, 0.25) is 0 Å². The molecule has 22 heavy (non-hydrogen) atoms. The zero-order chi connectivity index (χ0) is 16.4. The third-order valence-corrected chi connectivity index (χ3v) is 4.62.